The van der Waals surface area contributed by atoms with E-state index in [0.29, 0.717) is 6.42 Å². The zero-order valence-electron chi connectivity index (χ0n) is 14.9. The molecule has 0 aliphatic carbocycles. The summed E-state index contributed by atoms with van der Waals surface area (Å²) in [6.07, 6.45) is 16.9. The molecule has 0 aliphatic rings. The van der Waals surface area contributed by atoms with E-state index in [0.717, 1.165) is 18.3 Å². The highest BCUT2D eigenvalue weighted by atomic mass is 16.3. The zero-order chi connectivity index (χ0) is 16.3. The number of rotatable bonds is 11. The van der Waals surface area contributed by atoms with Crippen LogP contribution in [0.3, 0.4) is 0 Å². The van der Waals surface area contributed by atoms with Gasteiger partial charge in [0.2, 0.25) is 0 Å². The number of hydrogen-bond acceptors (Lipinski definition) is 1. The van der Waals surface area contributed by atoms with Crippen LogP contribution in [0.25, 0.3) is 0 Å². The maximum atomic E-state index is 9.74. The van der Waals surface area contributed by atoms with E-state index in [9.17, 15) is 5.11 Å². The van der Waals surface area contributed by atoms with Crippen molar-refractivity contribution in [2.45, 2.75) is 91.6 Å². The molecular formula is C20H36O. The molecule has 1 nitrogen and oxygen atoms in total. The van der Waals surface area contributed by atoms with E-state index in [4.69, 9.17) is 6.42 Å². The fourth-order valence-electron chi connectivity index (χ4n) is 2.52. The van der Waals surface area contributed by atoms with Crippen LogP contribution in [-0.2, 0) is 0 Å². The third-order valence-electron chi connectivity index (χ3n) is 4.18. The Morgan fingerprint density at radius 3 is 2.38 bits per heavy atom. The van der Waals surface area contributed by atoms with Crippen LogP contribution in [-0.4, -0.2) is 10.7 Å². The predicted molar refractivity (Wildman–Crippen MR) is 94.2 cm³/mol. The minimum atomic E-state index is -0.957. The normalized spacial score (nSPS) is 16.6. The monoisotopic (exact) mass is 292 g/mol. The van der Waals surface area contributed by atoms with Crippen molar-refractivity contribution in [3.63, 3.8) is 0 Å². The van der Waals surface area contributed by atoms with Gasteiger partial charge in [0.1, 0.15) is 5.60 Å². The van der Waals surface area contributed by atoms with Crippen LogP contribution in [0.4, 0.5) is 0 Å². The van der Waals surface area contributed by atoms with Gasteiger partial charge in [-0.1, -0.05) is 64.0 Å². The molecule has 21 heavy (non-hydrogen) atoms. The van der Waals surface area contributed by atoms with Gasteiger partial charge in [-0.2, -0.15) is 0 Å². The Balaban J connectivity index is 3.73. The highest BCUT2D eigenvalue weighted by molar-refractivity contribution is 5.06. The van der Waals surface area contributed by atoms with Gasteiger partial charge in [0.25, 0.3) is 0 Å². The SMILES string of the molecule is C#CC(C)(O)CCC=C(C)CCCC(C)CCCC(C)C. The highest BCUT2D eigenvalue weighted by Gasteiger charge is 2.14. The van der Waals surface area contributed by atoms with Gasteiger partial charge in [0.05, 0.1) is 0 Å². The Kier molecular flexibility index (Phi) is 10.5. The lowest BCUT2D eigenvalue weighted by molar-refractivity contribution is 0.113. The first-order chi connectivity index (χ1) is 9.76. The molecule has 0 fully saturated rings. The third kappa shape index (κ3) is 12.7. The van der Waals surface area contributed by atoms with Crippen molar-refractivity contribution in [1.82, 2.24) is 0 Å². The Hall–Kier alpha value is -0.740. The van der Waals surface area contributed by atoms with Crippen LogP contribution < -0.4 is 0 Å². The van der Waals surface area contributed by atoms with Crippen LogP contribution in [0, 0.1) is 24.2 Å². The minimum Gasteiger partial charge on any atom is -0.378 e. The summed E-state index contributed by atoms with van der Waals surface area (Å²) in [6, 6.07) is 0. The largest absolute Gasteiger partial charge is 0.378 e. The van der Waals surface area contributed by atoms with Gasteiger partial charge in [0, 0.05) is 0 Å². The zero-order valence-corrected chi connectivity index (χ0v) is 14.9. The summed E-state index contributed by atoms with van der Waals surface area (Å²) in [6.45, 7) is 10.9. The number of aliphatic hydroxyl groups is 1. The molecule has 0 saturated carbocycles. The lowest BCUT2D eigenvalue weighted by atomic mass is 9.94. The van der Waals surface area contributed by atoms with E-state index in [1.54, 1.807) is 6.92 Å². The van der Waals surface area contributed by atoms with Gasteiger partial charge in [-0.3, -0.25) is 0 Å². The van der Waals surface area contributed by atoms with Gasteiger partial charge in [-0.15, -0.1) is 6.42 Å². The molecule has 1 heteroatoms. The van der Waals surface area contributed by atoms with E-state index in [-0.39, 0.29) is 0 Å². The van der Waals surface area contributed by atoms with Gasteiger partial charge < -0.3 is 5.11 Å². The fraction of sp³-hybridized carbons (Fsp3) is 0.800. The standard InChI is InChI=1S/C20H36O/c1-7-20(6,21)16-10-15-19(5)14-9-13-18(4)12-8-11-17(2)3/h1,15,17-18,21H,8-14,16H2,2-6H3. The summed E-state index contributed by atoms with van der Waals surface area (Å²) >= 11 is 0. The van der Waals surface area contributed by atoms with Crippen molar-refractivity contribution in [2.24, 2.45) is 11.8 Å². The molecular weight excluding hydrogens is 256 g/mol. The Morgan fingerprint density at radius 1 is 1.19 bits per heavy atom. The average molecular weight is 293 g/mol. The van der Waals surface area contributed by atoms with Crippen molar-refractivity contribution in [3.8, 4) is 12.3 Å². The topological polar surface area (TPSA) is 20.2 Å². The second kappa shape index (κ2) is 10.9. The molecule has 2 atom stereocenters. The Labute approximate surface area is 133 Å². The second-order valence-corrected chi connectivity index (χ2v) is 7.33. The van der Waals surface area contributed by atoms with E-state index < -0.39 is 5.60 Å². The molecule has 0 spiro atoms. The van der Waals surface area contributed by atoms with Crippen LogP contribution in [0.2, 0.25) is 0 Å². The highest BCUT2D eigenvalue weighted by Crippen LogP contribution is 2.19. The maximum absolute atomic E-state index is 9.74. The van der Waals surface area contributed by atoms with Crippen molar-refractivity contribution < 1.29 is 5.11 Å². The molecule has 122 valence electrons. The molecule has 0 bridgehead atoms. The molecule has 0 amide bonds. The van der Waals surface area contributed by atoms with Crippen LogP contribution in [0.5, 0.6) is 0 Å². The van der Waals surface area contributed by atoms with Gasteiger partial charge >= 0.3 is 0 Å². The van der Waals surface area contributed by atoms with Crippen LogP contribution >= 0.6 is 0 Å². The van der Waals surface area contributed by atoms with Crippen molar-refractivity contribution >= 4 is 0 Å². The molecule has 0 rings (SSSR count). The second-order valence-electron chi connectivity index (χ2n) is 7.33. The molecule has 0 radical (unpaired) electrons. The molecule has 0 saturated heterocycles. The van der Waals surface area contributed by atoms with Gasteiger partial charge in [-0.25, -0.2) is 0 Å². The number of terminal acetylenes is 1. The van der Waals surface area contributed by atoms with Crippen molar-refractivity contribution in [2.75, 3.05) is 0 Å². The number of allylic oxidation sites excluding steroid dienone is 2. The summed E-state index contributed by atoms with van der Waals surface area (Å²) in [5.41, 5.74) is 0.471. The first-order valence-electron chi connectivity index (χ1n) is 8.62. The van der Waals surface area contributed by atoms with E-state index in [1.165, 1.54) is 44.1 Å². The molecule has 0 aliphatic heterocycles. The first kappa shape index (κ1) is 20.3. The van der Waals surface area contributed by atoms with E-state index >= 15 is 0 Å². The smallest absolute Gasteiger partial charge is 0.122 e. The summed E-state index contributed by atoms with van der Waals surface area (Å²) in [5.74, 6) is 4.11. The number of hydrogen-bond donors (Lipinski definition) is 1. The molecule has 0 aromatic rings. The Morgan fingerprint density at radius 2 is 1.81 bits per heavy atom. The third-order valence-corrected chi connectivity index (χ3v) is 4.18. The van der Waals surface area contributed by atoms with Gasteiger partial charge in [0.15, 0.2) is 0 Å². The molecule has 2 unspecified atom stereocenters. The maximum Gasteiger partial charge on any atom is 0.122 e. The Bertz CT molecular complexity index is 330. The summed E-state index contributed by atoms with van der Waals surface area (Å²) in [4.78, 5) is 0. The lowest BCUT2D eigenvalue weighted by Crippen LogP contribution is -2.20. The molecule has 0 heterocycles. The van der Waals surface area contributed by atoms with E-state index in [2.05, 4.69) is 39.7 Å². The quantitative estimate of drug-likeness (QED) is 0.381. The minimum absolute atomic E-state index is 0.645. The lowest BCUT2D eigenvalue weighted by Gasteiger charge is -2.14. The molecule has 0 aromatic heterocycles. The van der Waals surface area contributed by atoms with Gasteiger partial charge in [-0.05, 0) is 51.4 Å². The van der Waals surface area contributed by atoms with E-state index in [1.807, 2.05) is 0 Å². The fourth-order valence-corrected chi connectivity index (χ4v) is 2.52. The molecule has 1 N–H and O–H groups in total. The molecule has 0 aromatic carbocycles. The van der Waals surface area contributed by atoms with Crippen LogP contribution in [0.15, 0.2) is 11.6 Å². The summed E-state index contributed by atoms with van der Waals surface area (Å²) in [5, 5.41) is 9.74. The summed E-state index contributed by atoms with van der Waals surface area (Å²) in [7, 11) is 0. The predicted octanol–water partition coefficient (Wildman–Crippen LogP) is 5.73. The average Bonchev–Trinajstić information content (AvgIpc) is 2.38. The van der Waals surface area contributed by atoms with Crippen LogP contribution in [0.1, 0.15) is 86.0 Å². The van der Waals surface area contributed by atoms with Crippen molar-refractivity contribution in [1.29, 1.82) is 0 Å². The first-order valence-corrected chi connectivity index (χ1v) is 8.62. The summed E-state index contributed by atoms with van der Waals surface area (Å²) < 4.78 is 0. The van der Waals surface area contributed by atoms with Crippen molar-refractivity contribution in [3.05, 3.63) is 11.6 Å².